The number of aromatic nitrogens is 5. The first-order valence-electron chi connectivity index (χ1n) is 12.8. The average molecular weight is 508 g/mol. The highest BCUT2D eigenvalue weighted by Gasteiger charge is 2.28. The van der Waals surface area contributed by atoms with Gasteiger partial charge in [0.05, 0.1) is 11.9 Å². The Morgan fingerprint density at radius 3 is 2.54 bits per heavy atom. The summed E-state index contributed by atoms with van der Waals surface area (Å²) < 4.78 is 13.3. The number of nitrogens with one attached hydrogen (secondary N) is 1. The Labute approximate surface area is 215 Å². The zero-order chi connectivity index (χ0) is 26.0. The van der Waals surface area contributed by atoms with Gasteiger partial charge < -0.3 is 24.5 Å². The molecule has 1 N–H and O–H groups in total. The predicted molar refractivity (Wildman–Crippen MR) is 137 cm³/mol. The molecule has 0 bridgehead atoms. The number of amides is 1. The summed E-state index contributed by atoms with van der Waals surface area (Å²) in [5.41, 5.74) is 1.51. The minimum atomic E-state index is -0.498. The number of hydrogen-bond acceptors (Lipinski definition) is 9. The Balaban J connectivity index is 1.20. The number of aldehydes is 1. The fraction of sp³-hybridized carbons (Fsp3) is 0.538. The van der Waals surface area contributed by atoms with Gasteiger partial charge in [-0.3, -0.25) is 0 Å². The van der Waals surface area contributed by atoms with Crippen molar-refractivity contribution in [2.75, 3.05) is 18.4 Å². The van der Waals surface area contributed by atoms with E-state index >= 15 is 0 Å². The number of benzene rings is 1. The maximum Gasteiger partial charge on any atom is 0.410 e. The second-order valence-corrected chi connectivity index (χ2v) is 10.7. The molecule has 1 aliphatic heterocycles. The first kappa shape index (κ1) is 24.9. The van der Waals surface area contributed by atoms with Crippen LogP contribution in [0, 0.1) is 5.92 Å². The topological polar surface area (TPSA) is 124 Å². The highest BCUT2D eigenvalue weighted by molar-refractivity contribution is 5.72. The third-order valence-electron chi connectivity index (χ3n) is 6.67. The number of piperidine rings is 1. The van der Waals surface area contributed by atoms with E-state index < -0.39 is 5.60 Å². The molecule has 3 aromatic rings. The normalized spacial score (nSPS) is 20.7. The van der Waals surface area contributed by atoms with Crippen LogP contribution in [-0.4, -0.2) is 73.1 Å². The Bertz CT molecular complexity index is 1250. The van der Waals surface area contributed by atoms with E-state index in [9.17, 15) is 9.59 Å². The van der Waals surface area contributed by atoms with Gasteiger partial charge in [0.2, 0.25) is 5.95 Å². The predicted octanol–water partition coefficient (Wildman–Crippen LogP) is 3.77. The van der Waals surface area contributed by atoms with E-state index in [1.807, 2.05) is 45.0 Å². The fourth-order valence-electron chi connectivity index (χ4n) is 4.77. The fourth-order valence-corrected chi connectivity index (χ4v) is 4.77. The molecule has 1 saturated heterocycles. The van der Waals surface area contributed by atoms with Gasteiger partial charge in [-0.05, 0) is 64.3 Å². The van der Waals surface area contributed by atoms with Crippen molar-refractivity contribution in [3.05, 3.63) is 30.5 Å². The SMILES string of the molecule is CC(C)(C)OC(=O)N1CCC(Oc2ccc(-n3nnc4cnc(NC5CCC(C=O)C5)nc43)cc2)CC1. The van der Waals surface area contributed by atoms with Crippen molar-refractivity contribution in [2.45, 2.75) is 70.6 Å². The van der Waals surface area contributed by atoms with Crippen LogP contribution in [0.3, 0.4) is 0 Å². The molecule has 37 heavy (non-hydrogen) atoms. The zero-order valence-electron chi connectivity index (χ0n) is 21.5. The first-order chi connectivity index (χ1) is 17.8. The summed E-state index contributed by atoms with van der Waals surface area (Å²) in [6.07, 6.45) is 6.55. The molecule has 2 unspecified atom stereocenters. The van der Waals surface area contributed by atoms with Crippen LogP contribution in [-0.2, 0) is 9.53 Å². The maximum atomic E-state index is 12.3. The number of carbonyl (C=O) groups is 2. The number of likely N-dealkylation sites (tertiary alicyclic amines) is 1. The largest absolute Gasteiger partial charge is 0.490 e. The Morgan fingerprint density at radius 1 is 1.11 bits per heavy atom. The summed E-state index contributed by atoms with van der Waals surface area (Å²) in [6.45, 7) is 6.83. The second-order valence-electron chi connectivity index (χ2n) is 10.7. The van der Waals surface area contributed by atoms with Crippen LogP contribution in [0.15, 0.2) is 30.5 Å². The molecule has 196 valence electrons. The second kappa shape index (κ2) is 10.3. The van der Waals surface area contributed by atoms with Gasteiger partial charge in [0.1, 0.15) is 23.7 Å². The van der Waals surface area contributed by atoms with Gasteiger partial charge in [-0.15, -0.1) is 5.10 Å². The highest BCUT2D eigenvalue weighted by atomic mass is 16.6. The molecule has 2 aromatic heterocycles. The van der Waals surface area contributed by atoms with Gasteiger partial charge >= 0.3 is 6.09 Å². The molecular weight excluding hydrogens is 474 g/mol. The van der Waals surface area contributed by atoms with Crippen LogP contribution >= 0.6 is 0 Å². The van der Waals surface area contributed by atoms with Gasteiger partial charge in [0.25, 0.3) is 0 Å². The van der Waals surface area contributed by atoms with Crippen molar-refractivity contribution in [3.8, 4) is 11.4 Å². The van der Waals surface area contributed by atoms with Crippen molar-refractivity contribution < 1.29 is 19.1 Å². The third-order valence-corrected chi connectivity index (χ3v) is 6.67. The maximum absolute atomic E-state index is 12.3. The summed E-state index contributed by atoms with van der Waals surface area (Å²) in [6, 6.07) is 7.83. The molecule has 2 fully saturated rings. The van der Waals surface area contributed by atoms with Crippen LogP contribution in [0.4, 0.5) is 10.7 Å². The van der Waals surface area contributed by atoms with Crippen molar-refractivity contribution in [3.63, 3.8) is 0 Å². The number of rotatable bonds is 6. The lowest BCUT2D eigenvalue weighted by Crippen LogP contribution is -2.44. The van der Waals surface area contributed by atoms with E-state index in [2.05, 4.69) is 25.6 Å². The summed E-state index contributed by atoms with van der Waals surface area (Å²) in [7, 11) is 0. The van der Waals surface area contributed by atoms with Crippen molar-refractivity contribution >= 4 is 29.5 Å². The summed E-state index contributed by atoms with van der Waals surface area (Å²) in [5.74, 6) is 1.36. The molecule has 0 spiro atoms. The highest BCUT2D eigenvalue weighted by Crippen LogP contribution is 2.27. The number of fused-ring (bicyclic) bond motifs is 1. The molecule has 1 amide bonds. The van der Waals surface area contributed by atoms with Crippen molar-refractivity contribution in [1.29, 1.82) is 0 Å². The van der Waals surface area contributed by atoms with Gasteiger partial charge in [-0.1, -0.05) is 5.21 Å². The number of nitrogens with zero attached hydrogens (tertiary/aromatic N) is 6. The van der Waals surface area contributed by atoms with Gasteiger partial charge in [0.15, 0.2) is 11.2 Å². The summed E-state index contributed by atoms with van der Waals surface area (Å²) >= 11 is 0. The Hall–Kier alpha value is -3.76. The average Bonchev–Trinajstić information content (AvgIpc) is 3.50. The molecule has 11 heteroatoms. The van der Waals surface area contributed by atoms with Crippen LogP contribution < -0.4 is 10.1 Å². The van der Waals surface area contributed by atoms with E-state index in [1.165, 1.54) is 0 Å². The van der Waals surface area contributed by atoms with E-state index in [0.29, 0.717) is 30.2 Å². The smallest absolute Gasteiger partial charge is 0.410 e. The molecule has 3 heterocycles. The lowest BCUT2D eigenvalue weighted by Gasteiger charge is -2.33. The van der Waals surface area contributed by atoms with E-state index in [-0.39, 0.29) is 24.2 Å². The number of ether oxygens (including phenoxy) is 2. The Morgan fingerprint density at radius 2 is 1.86 bits per heavy atom. The standard InChI is InChI=1S/C26H33N7O4/c1-26(2,3)37-25(35)32-12-10-21(11-13-32)36-20-8-6-19(7-9-20)33-23-22(30-31-33)15-27-24(29-23)28-18-5-4-17(14-18)16-34/h6-9,15-18,21H,4-5,10-14H2,1-3H3,(H,27,28,29). The quantitative estimate of drug-likeness (QED) is 0.496. The van der Waals surface area contributed by atoms with Crippen molar-refractivity contribution in [2.24, 2.45) is 5.92 Å². The van der Waals surface area contributed by atoms with Gasteiger partial charge in [-0.2, -0.15) is 9.67 Å². The number of hydrogen-bond donors (Lipinski definition) is 1. The molecule has 2 atom stereocenters. The lowest BCUT2D eigenvalue weighted by atomic mass is 10.1. The molecule has 0 radical (unpaired) electrons. The van der Waals surface area contributed by atoms with Crippen LogP contribution in [0.25, 0.3) is 16.9 Å². The van der Waals surface area contributed by atoms with Gasteiger partial charge in [-0.25, -0.2) is 9.78 Å². The molecule has 5 rings (SSSR count). The number of anilines is 1. The lowest BCUT2D eigenvalue weighted by molar-refractivity contribution is -0.110. The zero-order valence-corrected chi connectivity index (χ0v) is 21.5. The molecular formula is C26H33N7O4. The number of carbonyl (C=O) groups excluding carboxylic acids is 2. The van der Waals surface area contributed by atoms with Crippen LogP contribution in [0.1, 0.15) is 52.9 Å². The third kappa shape index (κ3) is 5.98. The van der Waals surface area contributed by atoms with Crippen LogP contribution in [0.2, 0.25) is 0 Å². The van der Waals surface area contributed by atoms with Crippen molar-refractivity contribution in [1.82, 2.24) is 29.9 Å². The summed E-state index contributed by atoms with van der Waals surface area (Å²) in [4.78, 5) is 34.1. The van der Waals surface area contributed by atoms with E-state index in [0.717, 1.165) is 49.8 Å². The molecule has 1 aromatic carbocycles. The van der Waals surface area contributed by atoms with E-state index in [4.69, 9.17) is 9.47 Å². The summed E-state index contributed by atoms with van der Waals surface area (Å²) in [5, 5.41) is 11.8. The Kier molecular flexibility index (Phi) is 6.94. The molecule has 1 aliphatic carbocycles. The molecule has 2 aliphatic rings. The monoisotopic (exact) mass is 507 g/mol. The molecule has 11 nitrogen and oxygen atoms in total. The minimum Gasteiger partial charge on any atom is -0.490 e. The molecule has 1 saturated carbocycles. The van der Waals surface area contributed by atoms with Gasteiger partial charge in [0, 0.05) is 37.9 Å². The first-order valence-corrected chi connectivity index (χ1v) is 12.8. The minimum absolute atomic E-state index is 0.0347. The van der Waals surface area contributed by atoms with E-state index in [1.54, 1.807) is 15.8 Å². The van der Waals surface area contributed by atoms with Crippen LogP contribution in [0.5, 0.6) is 5.75 Å².